The molecule has 0 unspecified atom stereocenters. The van der Waals surface area contributed by atoms with E-state index in [0.717, 1.165) is 19.5 Å². The number of hydrogen-bond acceptors (Lipinski definition) is 3. The van der Waals surface area contributed by atoms with E-state index in [9.17, 15) is 0 Å². The van der Waals surface area contributed by atoms with Crippen LogP contribution >= 0.6 is 12.4 Å². The molecular weight excluding hydrogens is 234 g/mol. The maximum atomic E-state index is 4.13. The smallest absolute Gasteiger partial charge is 0.0896 e. The SMILES string of the molecule is CN(C)CCCN=C=NCc1ccccc1.Cl. The number of hydrogen-bond donors (Lipinski definition) is 0. The monoisotopic (exact) mass is 253 g/mol. The molecule has 0 saturated heterocycles. The Kier molecular flexibility index (Phi) is 9.35. The molecule has 1 aromatic carbocycles. The average Bonchev–Trinajstić information content (AvgIpc) is 2.29. The van der Waals surface area contributed by atoms with Crippen molar-refractivity contribution in [3.8, 4) is 0 Å². The minimum absolute atomic E-state index is 0. The fourth-order valence-corrected chi connectivity index (χ4v) is 1.28. The zero-order chi connectivity index (χ0) is 11.6. The Morgan fingerprint density at radius 3 is 2.47 bits per heavy atom. The van der Waals surface area contributed by atoms with Crippen LogP contribution in [0.15, 0.2) is 40.3 Å². The Morgan fingerprint density at radius 1 is 1.12 bits per heavy atom. The molecule has 94 valence electrons. The maximum Gasteiger partial charge on any atom is 0.0896 e. The second-order valence-corrected chi connectivity index (χ2v) is 3.94. The number of aliphatic imine (C=N–C) groups is 2. The molecule has 0 amide bonds. The summed E-state index contributed by atoms with van der Waals surface area (Å²) in [6.07, 6.45) is 1.06. The molecule has 0 heterocycles. The van der Waals surface area contributed by atoms with Crippen molar-refractivity contribution < 1.29 is 0 Å². The van der Waals surface area contributed by atoms with Crippen LogP contribution in [0.3, 0.4) is 0 Å². The highest BCUT2D eigenvalue weighted by molar-refractivity contribution is 5.85. The van der Waals surface area contributed by atoms with Crippen molar-refractivity contribution in [1.82, 2.24) is 4.90 Å². The van der Waals surface area contributed by atoms with Crippen molar-refractivity contribution in [1.29, 1.82) is 0 Å². The minimum Gasteiger partial charge on any atom is -0.309 e. The molecule has 0 radical (unpaired) electrons. The number of nitrogens with zero attached hydrogens (tertiary/aromatic N) is 3. The molecule has 0 aliphatic rings. The highest BCUT2D eigenvalue weighted by Crippen LogP contribution is 1.98. The van der Waals surface area contributed by atoms with E-state index in [4.69, 9.17) is 0 Å². The van der Waals surface area contributed by atoms with Gasteiger partial charge < -0.3 is 4.90 Å². The van der Waals surface area contributed by atoms with Crippen molar-refractivity contribution in [2.75, 3.05) is 27.2 Å². The van der Waals surface area contributed by atoms with Gasteiger partial charge in [0.2, 0.25) is 0 Å². The lowest BCUT2D eigenvalue weighted by atomic mass is 10.2. The van der Waals surface area contributed by atoms with Crippen LogP contribution in [0.4, 0.5) is 0 Å². The lowest BCUT2D eigenvalue weighted by Gasteiger charge is -2.05. The molecule has 0 aliphatic carbocycles. The molecule has 0 fully saturated rings. The van der Waals surface area contributed by atoms with Gasteiger partial charge in [-0.1, -0.05) is 30.3 Å². The first-order valence-electron chi connectivity index (χ1n) is 5.55. The molecule has 17 heavy (non-hydrogen) atoms. The summed E-state index contributed by atoms with van der Waals surface area (Å²) in [7, 11) is 4.13. The zero-order valence-electron chi connectivity index (χ0n) is 10.5. The Morgan fingerprint density at radius 2 is 1.82 bits per heavy atom. The lowest BCUT2D eigenvalue weighted by Crippen LogP contribution is -2.13. The predicted molar refractivity (Wildman–Crippen MR) is 75.3 cm³/mol. The maximum absolute atomic E-state index is 4.13. The highest BCUT2D eigenvalue weighted by atomic mass is 35.5. The quantitative estimate of drug-likeness (QED) is 0.566. The van der Waals surface area contributed by atoms with Gasteiger partial charge in [-0.2, -0.15) is 0 Å². The number of halogens is 1. The normalized spacial score (nSPS) is 9.35. The molecule has 0 atom stereocenters. The van der Waals surface area contributed by atoms with E-state index in [1.165, 1.54) is 5.56 Å². The van der Waals surface area contributed by atoms with E-state index < -0.39 is 0 Å². The molecule has 0 aromatic heterocycles. The molecule has 4 heteroatoms. The Balaban J connectivity index is 0.00000256. The van der Waals surface area contributed by atoms with Crippen molar-refractivity contribution in [3.05, 3.63) is 35.9 Å². The van der Waals surface area contributed by atoms with Crippen molar-refractivity contribution >= 4 is 18.4 Å². The summed E-state index contributed by atoms with van der Waals surface area (Å²) in [5.74, 6) is 0. The van der Waals surface area contributed by atoms with Gasteiger partial charge in [0.05, 0.1) is 19.1 Å². The van der Waals surface area contributed by atoms with Crippen LogP contribution in [-0.2, 0) is 6.54 Å². The largest absolute Gasteiger partial charge is 0.309 e. The standard InChI is InChI=1S/C13H19N3.ClH/c1-16(2)10-6-9-14-12-15-11-13-7-4-3-5-8-13;/h3-5,7-8H,6,9-11H2,1-2H3;1H. The molecule has 0 saturated carbocycles. The first kappa shape index (κ1) is 15.9. The summed E-state index contributed by atoms with van der Waals surface area (Å²) < 4.78 is 0. The van der Waals surface area contributed by atoms with Crippen LogP contribution in [0.1, 0.15) is 12.0 Å². The number of rotatable bonds is 6. The van der Waals surface area contributed by atoms with Crippen LogP contribution < -0.4 is 0 Å². The van der Waals surface area contributed by atoms with E-state index in [1.807, 2.05) is 18.2 Å². The van der Waals surface area contributed by atoms with Gasteiger partial charge in [0.1, 0.15) is 0 Å². The third-order valence-electron chi connectivity index (χ3n) is 2.12. The molecule has 0 bridgehead atoms. The van der Waals surface area contributed by atoms with E-state index >= 15 is 0 Å². The fraction of sp³-hybridized carbons (Fsp3) is 0.462. The van der Waals surface area contributed by atoms with E-state index in [1.54, 1.807) is 0 Å². The van der Waals surface area contributed by atoms with Gasteiger partial charge in [-0.15, -0.1) is 12.4 Å². The lowest BCUT2D eigenvalue weighted by molar-refractivity contribution is 0.403. The summed E-state index contributed by atoms with van der Waals surface area (Å²) in [6, 6.07) is 12.9. The summed E-state index contributed by atoms with van der Waals surface area (Å²) >= 11 is 0. The van der Waals surface area contributed by atoms with Crippen LogP contribution in [0.2, 0.25) is 0 Å². The Hall–Kier alpha value is -1.15. The Labute approximate surface area is 110 Å². The Bertz CT molecular complexity index is 343. The van der Waals surface area contributed by atoms with Crippen LogP contribution in [0.5, 0.6) is 0 Å². The topological polar surface area (TPSA) is 28.0 Å². The van der Waals surface area contributed by atoms with Gasteiger partial charge in [-0.05, 0) is 32.6 Å². The second-order valence-electron chi connectivity index (χ2n) is 3.94. The van der Waals surface area contributed by atoms with Gasteiger partial charge >= 0.3 is 0 Å². The molecule has 1 aromatic rings. The highest BCUT2D eigenvalue weighted by Gasteiger charge is 1.87. The van der Waals surface area contributed by atoms with Gasteiger partial charge in [0, 0.05) is 0 Å². The molecule has 0 spiro atoms. The second kappa shape index (κ2) is 10.0. The predicted octanol–water partition coefficient (Wildman–Crippen LogP) is 2.73. The summed E-state index contributed by atoms with van der Waals surface area (Å²) in [5, 5.41) is 0. The van der Waals surface area contributed by atoms with Crippen molar-refractivity contribution in [2.45, 2.75) is 13.0 Å². The molecule has 3 nitrogen and oxygen atoms in total. The van der Waals surface area contributed by atoms with E-state index in [2.05, 4.69) is 47.1 Å². The molecule has 1 rings (SSSR count). The van der Waals surface area contributed by atoms with Crippen LogP contribution in [0.25, 0.3) is 0 Å². The van der Waals surface area contributed by atoms with Crippen LogP contribution in [0, 0.1) is 0 Å². The van der Waals surface area contributed by atoms with Crippen molar-refractivity contribution in [3.63, 3.8) is 0 Å². The molecular formula is C13H20ClN3. The molecule has 0 aliphatic heterocycles. The van der Waals surface area contributed by atoms with Gasteiger partial charge in [0.15, 0.2) is 0 Å². The zero-order valence-corrected chi connectivity index (χ0v) is 11.3. The molecule has 0 N–H and O–H groups in total. The summed E-state index contributed by atoms with van der Waals surface area (Å²) in [5.41, 5.74) is 1.19. The van der Waals surface area contributed by atoms with E-state index in [-0.39, 0.29) is 12.4 Å². The minimum atomic E-state index is 0. The first-order chi connectivity index (χ1) is 7.79. The summed E-state index contributed by atoms with van der Waals surface area (Å²) in [4.78, 5) is 10.4. The van der Waals surface area contributed by atoms with Crippen LogP contribution in [-0.4, -0.2) is 38.1 Å². The van der Waals surface area contributed by atoms with Gasteiger partial charge in [0.25, 0.3) is 0 Å². The average molecular weight is 254 g/mol. The fourth-order valence-electron chi connectivity index (χ4n) is 1.28. The third-order valence-corrected chi connectivity index (χ3v) is 2.12. The summed E-state index contributed by atoms with van der Waals surface area (Å²) in [6.45, 7) is 2.53. The number of benzene rings is 1. The third kappa shape index (κ3) is 8.64. The van der Waals surface area contributed by atoms with Gasteiger partial charge in [-0.25, -0.2) is 9.98 Å². The van der Waals surface area contributed by atoms with Gasteiger partial charge in [-0.3, -0.25) is 0 Å². The first-order valence-corrected chi connectivity index (χ1v) is 5.55. The van der Waals surface area contributed by atoms with Crippen molar-refractivity contribution in [2.24, 2.45) is 9.98 Å². The van der Waals surface area contributed by atoms with E-state index in [0.29, 0.717) is 6.54 Å².